The first kappa shape index (κ1) is 18.9. The quantitative estimate of drug-likeness (QED) is 0.507. The molecule has 1 unspecified atom stereocenters. The predicted octanol–water partition coefficient (Wildman–Crippen LogP) is 7.64. The van der Waals surface area contributed by atoms with Gasteiger partial charge in [-0.2, -0.15) is 0 Å². The number of benzene rings is 2. The Hall–Kier alpha value is -3.12. The molecule has 30 heavy (non-hydrogen) atoms. The summed E-state index contributed by atoms with van der Waals surface area (Å²) in [6, 6.07) is 22.1. The Bertz CT molecular complexity index is 1090. The summed E-state index contributed by atoms with van der Waals surface area (Å²) < 4.78 is 0. The van der Waals surface area contributed by atoms with E-state index in [0.29, 0.717) is 0 Å². The zero-order chi connectivity index (χ0) is 20.6. The van der Waals surface area contributed by atoms with E-state index in [9.17, 15) is 0 Å². The summed E-state index contributed by atoms with van der Waals surface area (Å²) in [6.07, 6.45) is 21.0. The van der Waals surface area contributed by atoms with E-state index in [4.69, 9.17) is 0 Å². The number of fused-ring (bicyclic) bond motifs is 1. The van der Waals surface area contributed by atoms with Crippen molar-refractivity contribution in [2.45, 2.75) is 32.1 Å². The summed E-state index contributed by atoms with van der Waals surface area (Å²) in [4.78, 5) is 0. The van der Waals surface area contributed by atoms with E-state index in [-0.39, 0.29) is 10.8 Å². The van der Waals surface area contributed by atoms with E-state index >= 15 is 0 Å². The van der Waals surface area contributed by atoms with E-state index in [1.807, 2.05) is 0 Å². The monoisotopic (exact) mass is 388 g/mol. The Labute approximate surface area is 180 Å². The Morgan fingerprint density at radius 2 is 1.20 bits per heavy atom. The zero-order valence-electron chi connectivity index (χ0n) is 17.8. The van der Waals surface area contributed by atoms with Crippen LogP contribution < -0.4 is 0 Å². The van der Waals surface area contributed by atoms with Crippen LogP contribution in [0, 0.1) is 5.41 Å². The van der Waals surface area contributed by atoms with Crippen molar-refractivity contribution in [1.29, 1.82) is 0 Å². The molecule has 0 saturated carbocycles. The third kappa shape index (κ3) is 2.75. The topological polar surface area (TPSA) is 0 Å². The summed E-state index contributed by atoms with van der Waals surface area (Å²) in [7, 11) is 0. The van der Waals surface area contributed by atoms with Crippen molar-refractivity contribution in [1.82, 2.24) is 0 Å². The number of rotatable bonds is 3. The lowest BCUT2D eigenvalue weighted by atomic mass is 9.65. The molecule has 5 rings (SSSR count). The highest BCUT2D eigenvalue weighted by Gasteiger charge is 2.47. The van der Waals surface area contributed by atoms with Crippen molar-refractivity contribution in [3.63, 3.8) is 0 Å². The van der Waals surface area contributed by atoms with E-state index in [1.165, 1.54) is 33.4 Å². The van der Waals surface area contributed by atoms with E-state index in [2.05, 4.69) is 123 Å². The van der Waals surface area contributed by atoms with E-state index < -0.39 is 0 Å². The number of hydrogen-bond donors (Lipinski definition) is 0. The van der Waals surface area contributed by atoms with Crippen molar-refractivity contribution < 1.29 is 0 Å². The molecule has 3 aliphatic carbocycles. The van der Waals surface area contributed by atoms with Crippen molar-refractivity contribution in [3.05, 3.63) is 143 Å². The predicted molar refractivity (Wildman–Crippen MR) is 127 cm³/mol. The first-order valence-electron chi connectivity index (χ1n) is 11.0. The third-order valence-corrected chi connectivity index (χ3v) is 6.96. The molecule has 0 heteroatoms. The van der Waals surface area contributed by atoms with Crippen LogP contribution in [0.15, 0.2) is 132 Å². The van der Waals surface area contributed by atoms with Crippen LogP contribution in [-0.2, 0) is 5.41 Å². The molecule has 0 amide bonds. The normalized spacial score (nSPS) is 23.9. The van der Waals surface area contributed by atoms with Gasteiger partial charge < -0.3 is 0 Å². The van der Waals surface area contributed by atoms with Gasteiger partial charge in [-0.1, -0.05) is 123 Å². The van der Waals surface area contributed by atoms with Gasteiger partial charge >= 0.3 is 0 Å². The van der Waals surface area contributed by atoms with Crippen molar-refractivity contribution in [2.24, 2.45) is 5.41 Å². The van der Waals surface area contributed by atoms with Crippen LogP contribution in [-0.4, -0.2) is 0 Å². The fourth-order valence-corrected chi connectivity index (χ4v) is 5.08. The lowest BCUT2D eigenvalue weighted by molar-refractivity contribution is 0.530. The molecule has 148 valence electrons. The average molecular weight is 389 g/mol. The number of allylic oxidation sites excluding steroid dienone is 12. The lowest BCUT2D eigenvalue weighted by Gasteiger charge is -2.36. The van der Waals surface area contributed by atoms with Crippen LogP contribution in [0.3, 0.4) is 0 Å². The average Bonchev–Trinajstić information content (AvgIpc) is 2.98. The van der Waals surface area contributed by atoms with Crippen molar-refractivity contribution in [2.75, 3.05) is 0 Å². The highest BCUT2D eigenvalue weighted by molar-refractivity contribution is 5.77. The Morgan fingerprint density at radius 1 is 0.667 bits per heavy atom. The highest BCUT2D eigenvalue weighted by Crippen LogP contribution is 2.56. The van der Waals surface area contributed by atoms with Crippen molar-refractivity contribution in [3.8, 4) is 0 Å². The maximum atomic E-state index is 2.41. The van der Waals surface area contributed by atoms with E-state index in [0.717, 1.165) is 12.8 Å². The van der Waals surface area contributed by atoms with Gasteiger partial charge in [0.15, 0.2) is 0 Å². The molecular formula is C30H28. The maximum absolute atomic E-state index is 2.41. The summed E-state index contributed by atoms with van der Waals surface area (Å²) >= 11 is 0. The van der Waals surface area contributed by atoms with Gasteiger partial charge in [-0.05, 0) is 46.3 Å². The first-order chi connectivity index (χ1) is 14.7. The van der Waals surface area contributed by atoms with Crippen LogP contribution >= 0.6 is 0 Å². The SMILES string of the molecule is CCC1(C)C=CC2=C(C=C1)C(c1ccccc1)(c1ccccc1)C1=C2C=CCC=C1. The summed E-state index contributed by atoms with van der Waals surface area (Å²) in [5, 5.41) is 0. The van der Waals surface area contributed by atoms with Gasteiger partial charge in [0.1, 0.15) is 0 Å². The molecule has 0 heterocycles. The summed E-state index contributed by atoms with van der Waals surface area (Å²) in [5.74, 6) is 0. The molecule has 0 aromatic heterocycles. The van der Waals surface area contributed by atoms with Gasteiger partial charge in [-0.25, -0.2) is 0 Å². The molecule has 1 atom stereocenters. The molecule has 0 bridgehead atoms. The van der Waals surface area contributed by atoms with E-state index in [1.54, 1.807) is 0 Å². The molecule has 0 fully saturated rings. The summed E-state index contributed by atoms with van der Waals surface area (Å²) in [5.41, 5.74) is 7.90. The molecule has 0 radical (unpaired) electrons. The van der Waals surface area contributed by atoms with Gasteiger partial charge in [0.2, 0.25) is 0 Å². The summed E-state index contributed by atoms with van der Waals surface area (Å²) in [6.45, 7) is 4.60. The van der Waals surface area contributed by atoms with Gasteiger partial charge in [0, 0.05) is 5.41 Å². The Balaban J connectivity index is 1.90. The molecule has 2 aromatic carbocycles. The Kier molecular flexibility index (Phi) is 4.59. The minimum atomic E-state index is -0.307. The van der Waals surface area contributed by atoms with Crippen LogP contribution in [0.25, 0.3) is 0 Å². The van der Waals surface area contributed by atoms with Gasteiger partial charge in [-0.3, -0.25) is 0 Å². The fourth-order valence-electron chi connectivity index (χ4n) is 5.08. The second kappa shape index (κ2) is 7.29. The Morgan fingerprint density at radius 3 is 1.83 bits per heavy atom. The fraction of sp³-hybridized carbons (Fsp3) is 0.200. The second-order valence-corrected chi connectivity index (χ2v) is 8.70. The molecule has 0 nitrogen and oxygen atoms in total. The molecular weight excluding hydrogens is 360 g/mol. The van der Waals surface area contributed by atoms with Crippen LogP contribution in [0.5, 0.6) is 0 Å². The molecule has 0 aliphatic heterocycles. The smallest absolute Gasteiger partial charge is 0.0713 e. The van der Waals surface area contributed by atoms with Crippen molar-refractivity contribution >= 4 is 0 Å². The van der Waals surface area contributed by atoms with Crippen LogP contribution in [0.2, 0.25) is 0 Å². The largest absolute Gasteiger partial charge is 0.0804 e. The standard InChI is InChI=1S/C30H28/c1-3-29(2)21-19-26-25-17-11-6-12-18-27(25)30(28(26)20-22-29,23-13-7-4-8-14-23)24-15-9-5-10-16-24/h4-5,7-22H,3,6H2,1-2H3. The molecule has 3 aliphatic rings. The van der Waals surface area contributed by atoms with Crippen LogP contribution in [0.1, 0.15) is 37.8 Å². The zero-order valence-corrected chi connectivity index (χ0v) is 17.8. The molecule has 0 spiro atoms. The first-order valence-corrected chi connectivity index (χ1v) is 11.0. The van der Waals surface area contributed by atoms with Gasteiger partial charge in [-0.15, -0.1) is 0 Å². The number of hydrogen-bond acceptors (Lipinski definition) is 0. The molecule has 0 saturated heterocycles. The van der Waals surface area contributed by atoms with Crippen LogP contribution in [0.4, 0.5) is 0 Å². The minimum Gasteiger partial charge on any atom is -0.0804 e. The maximum Gasteiger partial charge on any atom is 0.0713 e. The second-order valence-electron chi connectivity index (χ2n) is 8.70. The molecule has 0 N–H and O–H groups in total. The van der Waals surface area contributed by atoms with Gasteiger partial charge in [0.05, 0.1) is 5.41 Å². The highest BCUT2D eigenvalue weighted by atomic mass is 14.5. The third-order valence-electron chi connectivity index (χ3n) is 6.96. The minimum absolute atomic E-state index is 0.0778. The lowest BCUT2D eigenvalue weighted by Crippen LogP contribution is -2.30. The van der Waals surface area contributed by atoms with Gasteiger partial charge in [0.25, 0.3) is 0 Å². The molecule has 2 aromatic rings.